The van der Waals surface area contributed by atoms with E-state index in [1.54, 1.807) is 0 Å². The molecule has 0 amide bonds. The molecular weight excluding hydrogens is 138 g/mol. The zero-order valence-electron chi connectivity index (χ0n) is 6.04. The largest absolute Gasteiger partial charge is 0.308 e. The lowest BCUT2D eigenvalue weighted by molar-refractivity contribution is 1.01. The quantitative estimate of drug-likeness (QED) is 0.412. The predicted molar refractivity (Wildman–Crippen MR) is 44.0 cm³/mol. The number of fused-ring (bicyclic) bond motifs is 1. The maximum absolute atomic E-state index is 5.27. The summed E-state index contributed by atoms with van der Waals surface area (Å²) in [5.74, 6) is 6.06. The summed E-state index contributed by atoms with van der Waals surface area (Å²) in [6, 6.07) is 8.06. The number of hydrazine groups is 1. The molecule has 0 fully saturated rings. The number of nitrogens with zero attached hydrogens (tertiary/aromatic N) is 1. The Hall–Kier alpha value is -1.35. The third kappa shape index (κ3) is 0.897. The van der Waals surface area contributed by atoms with Crippen molar-refractivity contribution in [3.05, 3.63) is 35.4 Å². The highest BCUT2D eigenvalue weighted by Gasteiger charge is 2.12. The van der Waals surface area contributed by atoms with Gasteiger partial charge in [-0.05, 0) is 5.56 Å². The van der Waals surface area contributed by atoms with Crippen molar-refractivity contribution in [2.24, 2.45) is 10.8 Å². The van der Waals surface area contributed by atoms with E-state index in [0.29, 0.717) is 0 Å². The van der Waals surface area contributed by atoms with Gasteiger partial charge in [-0.1, -0.05) is 24.3 Å². The van der Waals surface area contributed by atoms with Crippen molar-refractivity contribution in [2.45, 2.75) is 6.54 Å². The molecule has 0 atom stereocenters. The normalized spacial score (nSPS) is 14.1. The molecule has 0 aromatic heterocycles. The average molecular weight is 147 g/mol. The average Bonchev–Trinajstić information content (AvgIpc) is 2.47. The van der Waals surface area contributed by atoms with Gasteiger partial charge in [0.1, 0.15) is 5.84 Å². The van der Waals surface area contributed by atoms with Gasteiger partial charge in [0.05, 0.1) is 6.54 Å². The van der Waals surface area contributed by atoms with Gasteiger partial charge in [-0.15, -0.1) is 0 Å². The maximum atomic E-state index is 5.27. The molecule has 1 aromatic rings. The molecule has 2 rings (SSSR count). The van der Waals surface area contributed by atoms with E-state index in [4.69, 9.17) is 5.84 Å². The number of nitrogens with one attached hydrogen (secondary N) is 1. The highest BCUT2D eigenvalue weighted by atomic mass is 15.3. The Labute approximate surface area is 64.9 Å². The minimum Gasteiger partial charge on any atom is -0.308 e. The molecule has 0 saturated carbocycles. The van der Waals surface area contributed by atoms with E-state index < -0.39 is 0 Å². The molecule has 3 N–H and O–H groups in total. The van der Waals surface area contributed by atoms with Crippen molar-refractivity contribution < 1.29 is 0 Å². The lowest BCUT2D eigenvalue weighted by Crippen LogP contribution is -2.29. The summed E-state index contributed by atoms with van der Waals surface area (Å²) in [6.45, 7) is 0.746. The fourth-order valence-corrected chi connectivity index (χ4v) is 1.26. The zero-order chi connectivity index (χ0) is 7.68. The van der Waals surface area contributed by atoms with Crippen LogP contribution < -0.4 is 11.3 Å². The second-order valence-corrected chi connectivity index (χ2v) is 2.47. The molecule has 1 aliphatic rings. The van der Waals surface area contributed by atoms with Crippen molar-refractivity contribution in [3.8, 4) is 0 Å². The fourth-order valence-electron chi connectivity index (χ4n) is 1.26. The van der Waals surface area contributed by atoms with E-state index in [-0.39, 0.29) is 0 Å². The van der Waals surface area contributed by atoms with Gasteiger partial charge in [0.25, 0.3) is 0 Å². The topological polar surface area (TPSA) is 50.4 Å². The smallest absolute Gasteiger partial charge is 0.143 e. The predicted octanol–water partition coefficient (Wildman–Crippen LogP) is 0.410. The second kappa shape index (κ2) is 2.36. The van der Waals surface area contributed by atoms with Gasteiger partial charge in [-0.3, -0.25) is 4.99 Å². The second-order valence-electron chi connectivity index (χ2n) is 2.47. The van der Waals surface area contributed by atoms with Crippen LogP contribution in [0.25, 0.3) is 0 Å². The molecule has 0 aliphatic carbocycles. The standard InChI is InChI=1S/C8H9N3/c9-11-8-7-4-2-1-3-6(7)5-10-8/h1-4H,5,9H2,(H,10,11). The van der Waals surface area contributed by atoms with Crippen molar-refractivity contribution in [3.63, 3.8) is 0 Å². The number of benzene rings is 1. The molecule has 1 aromatic carbocycles. The molecule has 0 saturated heterocycles. The minimum absolute atomic E-state index is 0.746. The van der Waals surface area contributed by atoms with Crippen LogP contribution in [0.3, 0.4) is 0 Å². The van der Waals surface area contributed by atoms with E-state index in [1.165, 1.54) is 5.56 Å². The van der Waals surface area contributed by atoms with Crippen LogP contribution >= 0.6 is 0 Å². The van der Waals surface area contributed by atoms with Crippen LogP contribution in [0.5, 0.6) is 0 Å². The highest BCUT2D eigenvalue weighted by molar-refractivity contribution is 6.01. The van der Waals surface area contributed by atoms with Crippen LogP contribution in [-0.4, -0.2) is 5.84 Å². The molecule has 11 heavy (non-hydrogen) atoms. The fraction of sp³-hybridized carbons (Fsp3) is 0.125. The summed E-state index contributed by atoms with van der Waals surface area (Å²) in [5, 5.41) is 0. The molecule has 0 bridgehead atoms. The Bertz CT molecular complexity index is 304. The third-order valence-corrected chi connectivity index (χ3v) is 1.82. The molecule has 1 aliphatic heterocycles. The van der Waals surface area contributed by atoms with Crippen molar-refractivity contribution in [1.29, 1.82) is 0 Å². The molecule has 56 valence electrons. The van der Waals surface area contributed by atoms with Crippen LogP contribution in [0, 0.1) is 0 Å². The van der Waals surface area contributed by atoms with Crippen molar-refractivity contribution >= 4 is 5.84 Å². The van der Waals surface area contributed by atoms with E-state index in [9.17, 15) is 0 Å². The lowest BCUT2D eigenvalue weighted by Gasteiger charge is -1.99. The Balaban J connectivity index is 2.48. The molecular formula is C8H9N3. The van der Waals surface area contributed by atoms with E-state index in [2.05, 4.69) is 16.5 Å². The van der Waals surface area contributed by atoms with Crippen LogP contribution in [0.1, 0.15) is 11.1 Å². The Morgan fingerprint density at radius 3 is 3.00 bits per heavy atom. The molecule has 1 heterocycles. The first-order valence-corrected chi connectivity index (χ1v) is 3.51. The number of aliphatic imine (C=N–C) groups is 1. The summed E-state index contributed by atoms with van der Waals surface area (Å²) in [4.78, 5) is 4.20. The van der Waals surface area contributed by atoms with Crippen LogP contribution in [-0.2, 0) is 6.54 Å². The molecule has 0 spiro atoms. The lowest BCUT2D eigenvalue weighted by atomic mass is 10.1. The summed E-state index contributed by atoms with van der Waals surface area (Å²) >= 11 is 0. The summed E-state index contributed by atoms with van der Waals surface area (Å²) in [7, 11) is 0. The van der Waals surface area contributed by atoms with Gasteiger partial charge in [0.15, 0.2) is 0 Å². The number of amidine groups is 1. The highest BCUT2D eigenvalue weighted by Crippen LogP contribution is 2.15. The van der Waals surface area contributed by atoms with E-state index in [1.807, 2.05) is 18.2 Å². The van der Waals surface area contributed by atoms with Gasteiger partial charge in [0.2, 0.25) is 0 Å². The Morgan fingerprint density at radius 1 is 1.36 bits per heavy atom. The van der Waals surface area contributed by atoms with Crippen LogP contribution in [0.2, 0.25) is 0 Å². The van der Waals surface area contributed by atoms with Gasteiger partial charge in [-0.2, -0.15) is 0 Å². The van der Waals surface area contributed by atoms with Gasteiger partial charge in [0, 0.05) is 5.56 Å². The van der Waals surface area contributed by atoms with Crippen molar-refractivity contribution in [2.75, 3.05) is 0 Å². The molecule has 0 radical (unpaired) electrons. The summed E-state index contributed by atoms with van der Waals surface area (Å²) < 4.78 is 0. The SMILES string of the molecule is NNC1=NCc2ccccc21. The molecule has 3 heteroatoms. The summed E-state index contributed by atoms with van der Waals surface area (Å²) in [5.41, 5.74) is 4.93. The van der Waals surface area contributed by atoms with Crippen LogP contribution in [0.4, 0.5) is 0 Å². The number of nitrogens with two attached hydrogens (primary N) is 1. The van der Waals surface area contributed by atoms with Gasteiger partial charge in [-0.25, -0.2) is 5.84 Å². The monoisotopic (exact) mass is 147 g/mol. The number of hydrogen-bond donors (Lipinski definition) is 2. The van der Waals surface area contributed by atoms with Gasteiger partial charge < -0.3 is 5.43 Å². The first-order valence-electron chi connectivity index (χ1n) is 3.51. The Morgan fingerprint density at radius 2 is 2.18 bits per heavy atom. The zero-order valence-corrected chi connectivity index (χ0v) is 6.04. The first kappa shape index (κ1) is 6.37. The Kier molecular flexibility index (Phi) is 1.36. The van der Waals surface area contributed by atoms with E-state index >= 15 is 0 Å². The number of hydrogen-bond acceptors (Lipinski definition) is 3. The van der Waals surface area contributed by atoms with Crippen molar-refractivity contribution in [1.82, 2.24) is 5.43 Å². The molecule has 3 nitrogen and oxygen atoms in total. The van der Waals surface area contributed by atoms with Crippen LogP contribution in [0.15, 0.2) is 29.3 Å². The third-order valence-electron chi connectivity index (χ3n) is 1.82. The van der Waals surface area contributed by atoms with Gasteiger partial charge >= 0.3 is 0 Å². The summed E-state index contributed by atoms with van der Waals surface area (Å²) in [6.07, 6.45) is 0. The number of rotatable bonds is 0. The molecule has 0 unspecified atom stereocenters. The maximum Gasteiger partial charge on any atom is 0.143 e. The minimum atomic E-state index is 0.746. The first-order chi connectivity index (χ1) is 5.42. The van der Waals surface area contributed by atoms with E-state index in [0.717, 1.165) is 17.9 Å².